The van der Waals surface area contributed by atoms with E-state index in [9.17, 15) is 18.0 Å². The molecule has 0 aliphatic heterocycles. The lowest BCUT2D eigenvalue weighted by Gasteiger charge is -2.33. The van der Waals surface area contributed by atoms with Gasteiger partial charge in [0.25, 0.3) is 0 Å². The van der Waals surface area contributed by atoms with Crippen LogP contribution in [0.25, 0.3) is 0 Å². The number of carbonyl (C=O) groups is 2. The molecule has 1 N–H and O–H groups in total. The Morgan fingerprint density at radius 3 is 2.20 bits per heavy atom. The molecule has 41 heavy (non-hydrogen) atoms. The molecule has 0 spiro atoms. The minimum absolute atomic E-state index is 0.0983. The number of nitrogens with one attached hydrogen (secondary N) is 1. The molecule has 0 heterocycles. The summed E-state index contributed by atoms with van der Waals surface area (Å²) in [6, 6.07) is 23.1. The largest absolute Gasteiger partial charge is 0.497 e. The fraction of sp³-hybridized carbons (Fsp3) is 0.375. The van der Waals surface area contributed by atoms with Crippen molar-refractivity contribution in [2.45, 2.75) is 52.1 Å². The van der Waals surface area contributed by atoms with Crippen molar-refractivity contribution < 1.29 is 22.7 Å². The molecule has 0 aromatic heterocycles. The molecular formula is C32H41N3O5S. The van der Waals surface area contributed by atoms with E-state index in [2.05, 4.69) is 5.32 Å². The van der Waals surface area contributed by atoms with E-state index < -0.39 is 28.5 Å². The SMILES string of the molecule is CCCCNC(=O)[C@@H](Cc1ccccc1)N(Cc1cccc(OC)c1)C(=O)CN(c1ccc(CC)cc1)S(C)(=O)=O. The summed E-state index contributed by atoms with van der Waals surface area (Å²) in [4.78, 5) is 29.3. The summed E-state index contributed by atoms with van der Waals surface area (Å²) < 4.78 is 32.3. The molecule has 0 unspecified atom stereocenters. The molecule has 8 nitrogen and oxygen atoms in total. The topological polar surface area (TPSA) is 96.0 Å². The first-order valence-electron chi connectivity index (χ1n) is 14.0. The van der Waals surface area contributed by atoms with E-state index in [0.29, 0.717) is 18.0 Å². The van der Waals surface area contributed by atoms with Gasteiger partial charge in [-0.2, -0.15) is 0 Å². The van der Waals surface area contributed by atoms with Gasteiger partial charge in [0, 0.05) is 19.5 Å². The molecule has 0 bridgehead atoms. The highest BCUT2D eigenvalue weighted by molar-refractivity contribution is 7.92. The third kappa shape index (κ3) is 9.35. The lowest BCUT2D eigenvalue weighted by Crippen LogP contribution is -2.53. The number of aryl methyl sites for hydroxylation is 1. The monoisotopic (exact) mass is 579 g/mol. The summed E-state index contributed by atoms with van der Waals surface area (Å²) in [6.07, 6.45) is 3.89. The Kier molecular flexibility index (Phi) is 11.8. The zero-order valence-corrected chi connectivity index (χ0v) is 25.2. The zero-order valence-electron chi connectivity index (χ0n) is 24.4. The summed E-state index contributed by atoms with van der Waals surface area (Å²) in [7, 11) is -2.24. The van der Waals surface area contributed by atoms with Crippen molar-refractivity contribution >= 4 is 27.5 Å². The van der Waals surface area contributed by atoms with E-state index in [1.165, 1.54) is 4.90 Å². The predicted molar refractivity (Wildman–Crippen MR) is 163 cm³/mol. The van der Waals surface area contributed by atoms with E-state index in [0.717, 1.165) is 46.5 Å². The molecule has 0 saturated heterocycles. The van der Waals surface area contributed by atoms with Crippen LogP contribution in [0.3, 0.4) is 0 Å². The molecule has 0 saturated carbocycles. The van der Waals surface area contributed by atoms with Crippen molar-refractivity contribution in [3.05, 3.63) is 95.6 Å². The first-order chi connectivity index (χ1) is 19.7. The van der Waals surface area contributed by atoms with Gasteiger partial charge in [-0.25, -0.2) is 8.42 Å². The number of hydrogen-bond donors (Lipinski definition) is 1. The van der Waals surface area contributed by atoms with Crippen LogP contribution in [0.4, 0.5) is 5.69 Å². The first kappa shape index (κ1) is 31.7. The normalized spacial score (nSPS) is 11.9. The Bertz CT molecular complexity index is 1380. The van der Waals surface area contributed by atoms with E-state index in [4.69, 9.17) is 4.74 Å². The Hall–Kier alpha value is -3.85. The Morgan fingerprint density at radius 1 is 0.902 bits per heavy atom. The lowest BCUT2D eigenvalue weighted by molar-refractivity contribution is -0.140. The van der Waals surface area contributed by atoms with Crippen molar-refractivity contribution in [2.24, 2.45) is 0 Å². The van der Waals surface area contributed by atoms with Gasteiger partial charge in [0.2, 0.25) is 21.8 Å². The van der Waals surface area contributed by atoms with Crippen LogP contribution in [0.2, 0.25) is 0 Å². The fourth-order valence-corrected chi connectivity index (χ4v) is 5.39. The summed E-state index contributed by atoms with van der Waals surface area (Å²) in [5, 5.41) is 2.99. The molecule has 3 rings (SSSR count). The number of carbonyl (C=O) groups excluding carboxylic acids is 2. The number of anilines is 1. The van der Waals surface area contributed by atoms with E-state index >= 15 is 0 Å². The fourth-order valence-electron chi connectivity index (χ4n) is 4.54. The van der Waals surface area contributed by atoms with Crippen molar-refractivity contribution in [3.63, 3.8) is 0 Å². The number of sulfonamides is 1. The van der Waals surface area contributed by atoms with Crippen LogP contribution in [-0.4, -0.2) is 57.6 Å². The van der Waals surface area contributed by atoms with Crippen LogP contribution in [0, 0.1) is 0 Å². The van der Waals surface area contributed by atoms with Crippen molar-refractivity contribution in [1.29, 1.82) is 0 Å². The smallest absolute Gasteiger partial charge is 0.244 e. The van der Waals surface area contributed by atoms with Crippen molar-refractivity contribution in [2.75, 3.05) is 30.8 Å². The third-order valence-corrected chi connectivity index (χ3v) is 8.04. The number of hydrogen-bond acceptors (Lipinski definition) is 5. The van der Waals surface area contributed by atoms with Crippen LogP contribution >= 0.6 is 0 Å². The second kappa shape index (κ2) is 15.2. The van der Waals surface area contributed by atoms with Crippen molar-refractivity contribution in [3.8, 4) is 5.75 Å². The maximum Gasteiger partial charge on any atom is 0.244 e. The molecule has 3 aromatic carbocycles. The first-order valence-corrected chi connectivity index (χ1v) is 15.8. The molecular weight excluding hydrogens is 538 g/mol. The number of amides is 2. The minimum Gasteiger partial charge on any atom is -0.497 e. The minimum atomic E-state index is -3.81. The number of ether oxygens (including phenoxy) is 1. The van der Waals surface area contributed by atoms with Gasteiger partial charge in [0.1, 0.15) is 18.3 Å². The number of unbranched alkanes of at least 4 members (excludes halogenated alkanes) is 1. The van der Waals surface area contributed by atoms with Gasteiger partial charge in [0.05, 0.1) is 19.1 Å². The predicted octanol–water partition coefficient (Wildman–Crippen LogP) is 4.58. The summed E-state index contributed by atoms with van der Waals surface area (Å²) in [5.41, 5.74) is 3.10. The van der Waals surface area contributed by atoms with Gasteiger partial charge >= 0.3 is 0 Å². The van der Waals surface area contributed by atoms with E-state index in [1.807, 2.05) is 74.5 Å². The molecule has 0 aliphatic carbocycles. The number of nitrogens with zero attached hydrogens (tertiary/aromatic N) is 2. The summed E-state index contributed by atoms with van der Waals surface area (Å²) in [5.74, 6) is -0.142. The maximum absolute atomic E-state index is 14.1. The molecule has 1 atom stereocenters. The Labute approximate surface area is 244 Å². The van der Waals surface area contributed by atoms with Gasteiger partial charge in [-0.05, 0) is 53.8 Å². The standard InChI is InChI=1S/C32H41N3O5S/c1-5-7-20-33-32(37)30(22-26-12-9-8-10-13-26)34(23-27-14-11-15-29(21-27)40-3)31(36)24-35(41(4,38)39)28-18-16-25(6-2)17-19-28/h8-19,21,30H,5-7,20,22-24H2,1-4H3,(H,33,37)/t30-/m1/s1. The van der Waals surface area contributed by atoms with E-state index in [-0.39, 0.29) is 18.9 Å². The zero-order chi connectivity index (χ0) is 29.8. The average molecular weight is 580 g/mol. The molecule has 0 aliphatic rings. The summed E-state index contributed by atoms with van der Waals surface area (Å²) in [6.45, 7) is 4.20. The lowest BCUT2D eigenvalue weighted by atomic mass is 10.0. The average Bonchev–Trinajstić information content (AvgIpc) is 2.97. The van der Waals surface area contributed by atoms with Crippen molar-refractivity contribution in [1.82, 2.24) is 10.2 Å². The van der Waals surface area contributed by atoms with Gasteiger partial charge in [-0.3, -0.25) is 13.9 Å². The van der Waals surface area contributed by atoms with Crippen LogP contribution in [0.1, 0.15) is 43.4 Å². The number of rotatable bonds is 15. The summed E-state index contributed by atoms with van der Waals surface area (Å²) >= 11 is 0. The number of benzene rings is 3. The van der Waals surface area contributed by atoms with Crippen LogP contribution in [0.15, 0.2) is 78.9 Å². The van der Waals surface area contributed by atoms with Crippen LogP contribution in [0.5, 0.6) is 5.75 Å². The third-order valence-electron chi connectivity index (χ3n) is 6.90. The highest BCUT2D eigenvalue weighted by atomic mass is 32.2. The Morgan fingerprint density at radius 2 is 1.59 bits per heavy atom. The highest BCUT2D eigenvalue weighted by Gasteiger charge is 2.33. The molecule has 9 heteroatoms. The van der Waals surface area contributed by atoms with Gasteiger partial charge in [-0.1, -0.05) is 74.9 Å². The molecule has 2 amide bonds. The molecule has 220 valence electrons. The maximum atomic E-state index is 14.1. The second-order valence-corrected chi connectivity index (χ2v) is 11.9. The molecule has 0 radical (unpaired) electrons. The second-order valence-electron chi connectivity index (χ2n) is 10.0. The van der Waals surface area contributed by atoms with Gasteiger partial charge in [-0.15, -0.1) is 0 Å². The molecule has 3 aromatic rings. The quantitative estimate of drug-likeness (QED) is 0.266. The highest BCUT2D eigenvalue weighted by Crippen LogP contribution is 2.22. The molecule has 0 fully saturated rings. The van der Waals surface area contributed by atoms with Crippen LogP contribution in [-0.2, 0) is 39.0 Å². The van der Waals surface area contributed by atoms with E-state index in [1.54, 1.807) is 25.3 Å². The van der Waals surface area contributed by atoms with Gasteiger partial charge in [0.15, 0.2) is 0 Å². The Balaban J connectivity index is 2.03. The van der Waals surface area contributed by atoms with Gasteiger partial charge < -0.3 is 15.0 Å². The number of methoxy groups -OCH3 is 1. The van der Waals surface area contributed by atoms with Crippen LogP contribution < -0.4 is 14.4 Å².